The second-order valence-corrected chi connectivity index (χ2v) is 5.67. The number of nitrogens with zero attached hydrogens (tertiary/aromatic N) is 3. The van der Waals surface area contributed by atoms with Gasteiger partial charge < -0.3 is 15.4 Å². The van der Waals surface area contributed by atoms with Crippen molar-refractivity contribution in [2.75, 3.05) is 5.75 Å². The maximum Gasteiger partial charge on any atom is 0.309 e. The van der Waals surface area contributed by atoms with E-state index in [1.54, 1.807) is 13.8 Å². The van der Waals surface area contributed by atoms with Gasteiger partial charge in [-0.3, -0.25) is 4.79 Å². The van der Waals surface area contributed by atoms with E-state index < -0.39 is 11.4 Å². The van der Waals surface area contributed by atoms with E-state index in [1.165, 1.54) is 11.8 Å². The Balaban J connectivity index is 2.79. The molecule has 1 rings (SSSR count). The lowest BCUT2D eigenvalue weighted by Gasteiger charge is -2.18. The summed E-state index contributed by atoms with van der Waals surface area (Å²) in [4.78, 5) is 11.0. The molecule has 0 radical (unpaired) electrons. The fraction of sp³-hybridized carbons (Fsp3) is 0.727. The molecule has 7 heteroatoms. The molecule has 0 aliphatic carbocycles. The van der Waals surface area contributed by atoms with Crippen LogP contribution in [-0.2, 0) is 17.9 Å². The van der Waals surface area contributed by atoms with E-state index in [2.05, 4.69) is 17.1 Å². The number of nitrogens with two attached hydrogens (primary N) is 1. The van der Waals surface area contributed by atoms with Crippen molar-refractivity contribution in [3.8, 4) is 0 Å². The van der Waals surface area contributed by atoms with Crippen LogP contribution in [0.2, 0.25) is 0 Å². The molecule has 18 heavy (non-hydrogen) atoms. The second kappa shape index (κ2) is 6.19. The highest BCUT2D eigenvalue weighted by molar-refractivity contribution is 7.99. The van der Waals surface area contributed by atoms with Crippen LogP contribution in [-0.4, -0.2) is 31.6 Å². The minimum absolute atomic E-state index is 0.343. The van der Waals surface area contributed by atoms with E-state index in [4.69, 9.17) is 10.8 Å². The molecular formula is C11H20N4O2S. The van der Waals surface area contributed by atoms with Crippen LogP contribution < -0.4 is 5.73 Å². The number of carbonyl (C=O) groups is 1. The molecule has 0 atom stereocenters. The molecular weight excluding hydrogens is 252 g/mol. The van der Waals surface area contributed by atoms with Gasteiger partial charge in [-0.1, -0.05) is 18.7 Å². The maximum absolute atomic E-state index is 11.0. The van der Waals surface area contributed by atoms with Crippen molar-refractivity contribution in [3.05, 3.63) is 5.82 Å². The first-order valence-electron chi connectivity index (χ1n) is 5.90. The molecule has 0 spiro atoms. The largest absolute Gasteiger partial charge is 0.481 e. The Morgan fingerprint density at radius 3 is 2.67 bits per heavy atom. The summed E-state index contributed by atoms with van der Waals surface area (Å²) in [5.74, 6) is 0.387. The van der Waals surface area contributed by atoms with Crippen LogP contribution in [0.15, 0.2) is 5.16 Å². The molecule has 0 amide bonds. The van der Waals surface area contributed by atoms with Gasteiger partial charge in [-0.2, -0.15) is 0 Å². The average molecular weight is 272 g/mol. The number of hydrogen-bond acceptors (Lipinski definition) is 5. The molecule has 0 saturated carbocycles. The van der Waals surface area contributed by atoms with Crippen LogP contribution in [0.3, 0.4) is 0 Å². The van der Waals surface area contributed by atoms with Crippen LogP contribution in [0.1, 0.15) is 33.0 Å². The van der Waals surface area contributed by atoms with E-state index in [9.17, 15) is 4.79 Å². The van der Waals surface area contributed by atoms with Crippen molar-refractivity contribution < 1.29 is 9.90 Å². The third-order valence-corrected chi connectivity index (χ3v) is 3.99. The first-order chi connectivity index (χ1) is 8.42. The monoisotopic (exact) mass is 272 g/mol. The van der Waals surface area contributed by atoms with Gasteiger partial charge in [0.25, 0.3) is 0 Å². The SMILES string of the molecule is CCCn1c(CN)nnc1SCC(C)(C)C(=O)O. The average Bonchev–Trinajstić information content (AvgIpc) is 2.69. The fourth-order valence-electron chi connectivity index (χ4n) is 1.33. The molecule has 3 N–H and O–H groups in total. The van der Waals surface area contributed by atoms with Crippen LogP contribution in [0.4, 0.5) is 0 Å². The van der Waals surface area contributed by atoms with Crippen LogP contribution in [0, 0.1) is 5.41 Å². The second-order valence-electron chi connectivity index (χ2n) is 4.73. The summed E-state index contributed by atoms with van der Waals surface area (Å²) < 4.78 is 1.96. The summed E-state index contributed by atoms with van der Waals surface area (Å²) >= 11 is 1.41. The lowest BCUT2D eigenvalue weighted by atomic mass is 9.97. The molecule has 0 aliphatic rings. The first-order valence-corrected chi connectivity index (χ1v) is 6.89. The smallest absolute Gasteiger partial charge is 0.309 e. The normalized spacial score (nSPS) is 11.8. The Kier molecular flexibility index (Phi) is 5.15. The Bertz CT molecular complexity index is 417. The minimum atomic E-state index is -0.810. The van der Waals surface area contributed by atoms with Gasteiger partial charge in [0.1, 0.15) is 5.82 Å². The van der Waals surface area contributed by atoms with E-state index in [1.807, 2.05) is 4.57 Å². The zero-order valence-electron chi connectivity index (χ0n) is 11.0. The lowest BCUT2D eigenvalue weighted by Crippen LogP contribution is -2.26. The van der Waals surface area contributed by atoms with Gasteiger partial charge in [0.2, 0.25) is 0 Å². The Hall–Kier alpha value is -1.08. The summed E-state index contributed by atoms with van der Waals surface area (Å²) in [5.41, 5.74) is 4.82. The van der Waals surface area contributed by atoms with Crippen molar-refractivity contribution in [3.63, 3.8) is 0 Å². The Morgan fingerprint density at radius 1 is 1.50 bits per heavy atom. The molecule has 1 aromatic rings. The number of thioether (sulfide) groups is 1. The van der Waals surface area contributed by atoms with Gasteiger partial charge in [-0.25, -0.2) is 0 Å². The number of rotatable bonds is 7. The summed E-state index contributed by atoms with van der Waals surface area (Å²) in [6.07, 6.45) is 0.959. The van der Waals surface area contributed by atoms with Gasteiger partial charge in [-0.15, -0.1) is 10.2 Å². The van der Waals surface area contributed by atoms with E-state index in [0.29, 0.717) is 12.3 Å². The highest BCUT2D eigenvalue weighted by Gasteiger charge is 2.28. The topological polar surface area (TPSA) is 94.0 Å². The van der Waals surface area contributed by atoms with Crippen LogP contribution in [0.5, 0.6) is 0 Å². The Morgan fingerprint density at radius 2 is 2.17 bits per heavy atom. The summed E-state index contributed by atoms with van der Waals surface area (Å²) in [6, 6.07) is 0. The molecule has 1 aromatic heterocycles. The zero-order chi connectivity index (χ0) is 13.8. The van der Waals surface area contributed by atoms with Crippen LogP contribution in [0.25, 0.3) is 0 Å². The standard InChI is InChI=1S/C11H20N4O2S/c1-4-5-15-8(6-12)13-14-10(15)18-7-11(2,3)9(16)17/h4-7,12H2,1-3H3,(H,16,17). The zero-order valence-corrected chi connectivity index (χ0v) is 11.8. The summed E-state index contributed by atoms with van der Waals surface area (Å²) in [6.45, 7) is 6.61. The molecule has 1 heterocycles. The number of carboxylic acids is 1. The molecule has 102 valence electrons. The molecule has 0 unspecified atom stereocenters. The van der Waals surface area contributed by atoms with Crippen molar-refractivity contribution in [1.29, 1.82) is 0 Å². The number of carboxylic acid groups (broad SMARTS) is 1. The summed E-state index contributed by atoms with van der Waals surface area (Å²) in [5, 5.41) is 17.9. The van der Waals surface area contributed by atoms with Gasteiger partial charge in [0.15, 0.2) is 5.16 Å². The van der Waals surface area contributed by atoms with Crippen molar-refractivity contribution >= 4 is 17.7 Å². The third-order valence-electron chi connectivity index (χ3n) is 2.56. The number of aromatic nitrogens is 3. The highest BCUT2D eigenvalue weighted by Crippen LogP contribution is 2.27. The van der Waals surface area contributed by atoms with Gasteiger partial charge in [-0.05, 0) is 20.3 Å². The summed E-state index contributed by atoms with van der Waals surface area (Å²) in [7, 11) is 0. The van der Waals surface area contributed by atoms with E-state index in [-0.39, 0.29) is 0 Å². The van der Waals surface area contributed by atoms with Gasteiger partial charge in [0.05, 0.1) is 12.0 Å². The number of aliphatic carboxylic acids is 1. The lowest BCUT2D eigenvalue weighted by molar-refractivity contribution is -0.145. The molecule has 0 bridgehead atoms. The van der Waals surface area contributed by atoms with Gasteiger partial charge >= 0.3 is 5.97 Å². The predicted octanol–water partition coefficient (Wildman–Crippen LogP) is 1.35. The minimum Gasteiger partial charge on any atom is -0.481 e. The highest BCUT2D eigenvalue weighted by atomic mass is 32.2. The van der Waals surface area contributed by atoms with Crippen molar-refractivity contribution in [1.82, 2.24) is 14.8 Å². The van der Waals surface area contributed by atoms with E-state index in [0.717, 1.165) is 23.9 Å². The molecule has 0 fully saturated rings. The number of hydrogen-bond donors (Lipinski definition) is 2. The molecule has 6 nitrogen and oxygen atoms in total. The Labute approximate surface area is 111 Å². The molecule has 0 saturated heterocycles. The quantitative estimate of drug-likeness (QED) is 0.728. The third kappa shape index (κ3) is 3.46. The predicted molar refractivity (Wildman–Crippen MR) is 70.3 cm³/mol. The van der Waals surface area contributed by atoms with Gasteiger partial charge in [0, 0.05) is 12.3 Å². The van der Waals surface area contributed by atoms with Crippen LogP contribution >= 0.6 is 11.8 Å². The first kappa shape index (κ1) is 15.0. The van der Waals surface area contributed by atoms with Crippen molar-refractivity contribution in [2.45, 2.75) is 45.4 Å². The molecule has 0 aliphatic heterocycles. The molecule has 0 aromatic carbocycles. The maximum atomic E-state index is 11.0. The van der Waals surface area contributed by atoms with E-state index >= 15 is 0 Å². The van der Waals surface area contributed by atoms with Crippen molar-refractivity contribution in [2.24, 2.45) is 11.1 Å². The fourth-order valence-corrected chi connectivity index (χ4v) is 2.40.